The van der Waals surface area contributed by atoms with E-state index in [1.807, 2.05) is 48.5 Å². The first-order valence-corrected chi connectivity index (χ1v) is 9.52. The molecule has 0 aromatic heterocycles. The molecule has 0 fully saturated rings. The number of benzene rings is 2. The molecule has 0 saturated carbocycles. The van der Waals surface area contributed by atoms with Crippen LogP contribution in [0.4, 0.5) is 5.69 Å². The van der Waals surface area contributed by atoms with Crippen LogP contribution in [-0.2, 0) is 4.74 Å². The molecule has 1 unspecified atom stereocenters. The number of anilines is 1. The Kier molecular flexibility index (Phi) is 5.10. The van der Waals surface area contributed by atoms with Crippen molar-refractivity contribution in [1.29, 1.82) is 0 Å². The molecular formula is C19H17Cl3N4O. The van der Waals surface area contributed by atoms with Crippen LogP contribution >= 0.6 is 34.8 Å². The zero-order valence-electron chi connectivity index (χ0n) is 14.4. The van der Waals surface area contributed by atoms with Crippen LogP contribution in [0, 0.1) is 0 Å². The molecule has 0 aliphatic carbocycles. The molecule has 2 aromatic carbocycles. The second kappa shape index (κ2) is 7.52. The highest BCUT2D eigenvalue weighted by Crippen LogP contribution is 2.28. The monoisotopic (exact) mass is 422 g/mol. The number of halogens is 3. The molecule has 2 aliphatic heterocycles. The second-order valence-corrected chi connectivity index (χ2v) is 7.38. The maximum absolute atomic E-state index is 6.26. The topological polar surface area (TPSA) is 48.6 Å². The minimum Gasteiger partial charge on any atom is -0.486 e. The highest BCUT2D eigenvalue weighted by molar-refractivity contribution is 6.44. The van der Waals surface area contributed by atoms with Crippen LogP contribution in [0.15, 0.2) is 54.4 Å². The summed E-state index contributed by atoms with van der Waals surface area (Å²) in [6, 6.07) is 13.3. The maximum atomic E-state index is 6.26. The zero-order valence-corrected chi connectivity index (χ0v) is 16.7. The van der Waals surface area contributed by atoms with E-state index in [9.17, 15) is 0 Å². The Labute approximate surface area is 171 Å². The van der Waals surface area contributed by atoms with Crippen LogP contribution in [-0.4, -0.2) is 12.6 Å². The molecule has 0 bridgehead atoms. The van der Waals surface area contributed by atoms with E-state index in [4.69, 9.17) is 39.5 Å². The van der Waals surface area contributed by atoms with E-state index in [1.54, 1.807) is 12.1 Å². The lowest BCUT2D eigenvalue weighted by molar-refractivity contribution is 0.200. The third-order valence-corrected chi connectivity index (χ3v) is 5.47. The molecule has 2 heterocycles. The van der Waals surface area contributed by atoms with Crippen LogP contribution in [0.25, 0.3) is 10.9 Å². The van der Waals surface area contributed by atoms with E-state index >= 15 is 0 Å². The Bertz CT molecular complexity index is 1040. The van der Waals surface area contributed by atoms with E-state index in [2.05, 4.69) is 16.3 Å². The van der Waals surface area contributed by atoms with Gasteiger partial charge in [0, 0.05) is 16.6 Å². The lowest BCUT2D eigenvalue weighted by Gasteiger charge is -2.21. The first-order valence-electron chi connectivity index (χ1n) is 8.39. The molecule has 3 N–H and O–H groups in total. The summed E-state index contributed by atoms with van der Waals surface area (Å²) in [6.45, 7) is 2.52. The average Bonchev–Trinajstić information content (AvgIpc) is 3.17. The quantitative estimate of drug-likeness (QED) is 0.660. The lowest BCUT2D eigenvalue weighted by Crippen LogP contribution is -2.41. The van der Waals surface area contributed by atoms with Crippen molar-refractivity contribution in [3.05, 3.63) is 74.8 Å². The number of fused-ring (bicyclic) bond motifs is 1. The van der Waals surface area contributed by atoms with Crippen LogP contribution in [0.3, 0.4) is 0 Å². The third kappa shape index (κ3) is 3.69. The second-order valence-electron chi connectivity index (χ2n) is 6.19. The van der Waals surface area contributed by atoms with Gasteiger partial charge in [-0.1, -0.05) is 59.1 Å². The van der Waals surface area contributed by atoms with Gasteiger partial charge >= 0.3 is 0 Å². The molecule has 0 amide bonds. The molecule has 0 saturated heterocycles. The average molecular weight is 424 g/mol. The van der Waals surface area contributed by atoms with Gasteiger partial charge in [0.2, 0.25) is 0 Å². The molecule has 4 rings (SSSR count). The number of hydrogen-bond acceptors (Lipinski definition) is 5. The van der Waals surface area contributed by atoms with Gasteiger partial charge in [-0.3, -0.25) is 5.01 Å². The van der Waals surface area contributed by atoms with Crippen molar-refractivity contribution in [3.8, 4) is 0 Å². The van der Waals surface area contributed by atoms with E-state index in [0.717, 1.165) is 27.6 Å². The summed E-state index contributed by atoms with van der Waals surface area (Å²) in [5, 5.41) is 8.57. The van der Waals surface area contributed by atoms with Crippen molar-refractivity contribution in [2.75, 3.05) is 11.6 Å². The Hall–Kier alpha value is -2.05. The Morgan fingerprint density at radius 1 is 1.04 bits per heavy atom. The Balaban J connectivity index is 1.57. The number of hydrogen-bond donors (Lipinski definition) is 3. The van der Waals surface area contributed by atoms with E-state index in [0.29, 0.717) is 21.7 Å². The SMILES string of the molecule is CC(OC1=c2ccccc2=C(Cl)NC1)C1=CN(c2ccc(Cl)c(Cl)c2)NN1. The van der Waals surface area contributed by atoms with Gasteiger partial charge in [0.15, 0.2) is 0 Å². The van der Waals surface area contributed by atoms with Crippen LogP contribution in [0.5, 0.6) is 0 Å². The molecule has 2 aliphatic rings. The fourth-order valence-corrected chi connectivity index (χ4v) is 3.48. The van der Waals surface area contributed by atoms with Crippen LogP contribution < -0.4 is 31.7 Å². The fraction of sp³-hybridized carbons (Fsp3) is 0.158. The predicted octanol–water partition coefficient (Wildman–Crippen LogP) is 2.79. The van der Waals surface area contributed by atoms with Crippen molar-refractivity contribution in [3.63, 3.8) is 0 Å². The van der Waals surface area contributed by atoms with Crippen molar-refractivity contribution in [2.45, 2.75) is 13.0 Å². The van der Waals surface area contributed by atoms with Gasteiger partial charge in [0.25, 0.3) is 0 Å². The summed E-state index contributed by atoms with van der Waals surface area (Å²) < 4.78 is 6.21. The number of ether oxygens (including phenoxy) is 1. The summed E-state index contributed by atoms with van der Waals surface area (Å²) >= 11 is 18.4. The molecule has 140 valence electrons. The highest BCUT2D eigenvalue weighted by atomic mass is 35.5. The highest BCUT2D eigenvalue weighted by Gasteiger charge is 2.21. The number of hydrazine groups is 2. The van der Waals surface area contributed by atoms with Crippen molar-refractivity contribution >= 4 is 51.4 Å². The molecular weight excluding hydrogens is 407 g/mol. The van der Waals surface area contributed by atoms with E-state index in [1.165, 1.54) is 0 Å². The lowest BCUT2D eigenvalue weighted by atomic mass is 10.2. The largest absolute Gasteiger partial charge is 0.486 e. The van der Waals surface area contributed by atoms with Crippen LogP contribution in [0.2, 0.25) is 10.0 Å². The normalized spacial score (nSPS) is 17.0. The summed E-state index contributed by atoms with van der Waals surface area (Å²) in [6.07, 6.45) is 1.72. The molecule has 27 heavy (non-hydrogen) atoms. The standard InChI is InChI=1S/C19H17Cl3N4O/c1-11(27-18-9-23-19(22)14-5-3-2-4-13(14)18)17-10-26(25-24-17)12-6-7-15(20)16(21)8-12/h2-8,10-11,23-25H,9H2,1H3. The Morgan fingerprint density at radius 2 is 1.81 bits per heavy atom. The summed E-state index contributed by atoms with van der Waals surface area (Å²) in [5.74, 6) is 0.846. The van der Waals surface area contributed by atoms with Crippen LogP contribution in [0.1, 0.15) is 6.92 Å². The van der Waals surface area contributed by atoms with E-state index < -0.39 is 0 Å². The predicted molar refractivity (Wildman–Crippen MR) is 110 cm³/mol. The van der Waals surface area contributed by atoms with Gasteiger partial charge in [-0.25, -0.2) is 0 Å². The number of rotatable bonds is 4. The molecule has 0 radical (unpaired) electrons. The first-order chi connectivity index (χ1) is 13.0. The summed E-state index contributed by atoms with van der Waals surface area (Å²) in [7, 11) is 0. The van der Waals surface area contributed by atoms with Crippen molar-refractivity contribution in [1.82, 2.24) is 16.3 Å². The molecule has 2 aromatic rings. The maximum Gasteiger partial charge on any atom is 0.138 e. The molecule has 0 spiro atoms. The van der Waals surface area contributed by atoms with Gasteiger partial charge in [-0.05, 0) is 25.1 Å². The van der Waals surface area contributed by atoms with Gasteiger partial charge in [0.05, 0.1) is 28.0 Å². The van der Waals surface area contributed by atoms with Gasteiger partial charge in [-0.2, -0.15) is 0 Å². The fourth-order valence-electron chi connectivity index (χ4n) is 2.96. The van der Waals surface area contributed by atoms with Gasteiger partial charge in [-0.15, -0.1) is 5.53 Å². The first kappa shape index (κ1) is 18.3. The Morgan fingerprint density at radius 3 is 2.59 bits per heavy atom. The molecule has 5 nitrogen and oxygen atoms in total. The third-order valence-electron chi connectivity index (χ3n) is 4.40. The smallest absolute Gasteiger partial charge is 0.138 e. The molecule has 8 heteroatoms. The number of nitrogens with zero attached hydrogens (tertiary/aromatic N) is 1. The minimum atomic E-state index is -0.202. The van der Waals surface area contributed by atoms with Crippen molar-refractivity contribution in [2.24, 2.45) is 0 Å². The minimum absolute atomic E-state index is 0.202. The van der Waals surface area contributed by atoms with E-state index in [-0.39, 0.29) is 6.10 Å². The van der Waals surface area contributed by atoms with Gasteiger partial charge < -0.3 is 15.5 Å². The summed E-state index contributed by atoms with van der Waals surface area (Å²) in [5.41, 5.74) is 7.95. The summed E-state index contributed by atoms with van der Waals surface area (Å²) in [4.78, 5) is 0. The zero-order chi connectivity index (χ0) is 19.0. The molecule has 1 atom stereocenters. The number of nitrogens with one attached hydrogen (secondary N) is 3. The van der Waals surface area contributed by atoms with Gasteiger partial charge in [0.1, 0.15) is 17.0 Å². The van der Waals surface area contributed by atoms with Crippen molar-refractivity contribution < 1.29 is 4.74 Å².